The van der Waals surface area contributed by atoms with Gasteiger partial charge in [0.05, 0.1) is 39.0 Å². The van der Waals surface area contributed by atoms with Gasteiger partial charge < -0.3 is 14.8 Å². The van der Waals surface area contributed by atoms with Crippen LogP contribution in [0.2, 0.25) is 10.0 Å². The zero-order chi connectivity index (χ0) is 21.4. The fourth-order valence-corrected chi connectivity index (χ4v) is 4.65. The van der Waals surface area contributed by atoms with Crippen molar-refractivity contribution in [3.05, 3.63) is 44.7 Å². The molecule has 3 aromatic rings. The predicted octanol–water partition coefficient (Wildman–Crippen LogP) is 4.02. The van der Waals surface area contributed by atoms with E-state index in [-0.39, 0.29) is 16.3 Å². The molecule has 3 heterocycles. The summed E-state index contributed by atoms with van der Waals surface area (Å²) < 4.78 is 6.06. The fraction of sp³-hybridized carbons (Fsp3) is 0.316. The zero-order valence-corrected chi connectivity index (χ0v) is 18.2. The smallest absolute Gasteiger partial charge is 0.335 e. The second-order valence-corrected chi connectivity index (χ2v) is 8.69. The highest BCUT2D eigenvalue weighted by molar-refractivity contribution is 7.22. The van der Waals surface area contributed by atoms with E-state index >= 15 is 0 Å². The SMILES string of the molecule is Cc1[nH]c(C(=O)Nc2nc3c(CN4CCOCC4)cc(C(=O)O)cc3s2)c(Cl)c1Cl. The van der Waals surface area contributed by atoms with E-state index in [0.717, 1.165) is 18.7 Å². The molecule has 1 aliphatic heterocycles. The van der Waals surface area contributed by atoms with Gasteiger partial charge in [-0.05, 0) is 24.6 Å². The predicted molar refractivity (Wildman–Crippen MR) is 116 cm³/mol. The number of fused-ring (bicyclic) bond motifs is 1. The van der Waals surface area contributed by atoms with Gasteiger partial charge in [0.1, 0.15) is 5.69 Å². The molecule has 1 fully saturated rings. The average molecular weight is 469 g/mol. The van der Waals surface area contributed by atoms with E-state index in [0.29, 0.717) is 45.8 Å². The molecule has 0 spiro atoms. The maximum Gasteiger partial charge on any atom is 0.335 e. The molecule has 3 N–H and O–H groups in total. The first-order valence-corrected chi connectivity index (χ1v) is 10.7. The molecule has 0 saturated carbocycles. The number of aromatic amines is 1. The van der Waals surface area contributed by atoms with E-state index < -0.39 is 11.9 Å². The molecule has 8 nitrogen and oxygen atoms in total. The molecule has 1 saturated heterocycles. The monoisotopic (exact) mass is 468 g/mol. The molecular formula is C19H18Cl2N4O4S. The molecule has 1 amide bonds. The first-order chi connectivity index (χ1) is 14.3. The number of carbonyl (C=O) groups is 2. The lowest BCUT2D eigenvalue weighted by Gasteiger charge is -2.26. The summed E-state index contributed by atoms with van der Waals surface area (Å²) in [5, 5.41) is 13.0. The number of carboxylic acid groups (broad SMARTS) is 1. The van der Waals surface area contributed by atoms with Crippen molar-refractivity contribution in [2.24, 2.45) is 0 Å². The number of ether oxygens (including phenoxy) is 1. The highest BCUT2D eigenvalue weighted by Gasteiger charge is 2.21. The third kappa shape index (κ3) is 4.17. The van der Waals surface area contributed by atoms with Crippen LogP contribution >= 0.6 is 34.5 Å². The third-order valence-electron chi connectivity index (χ3n) is 4.82. The van der Waals surface area contributed by atoms with Gasteiger partial charge in [-0.15, -0.1) is 0 Å². The number of anilines is 1. The molecule has 30 heavy (non-hydrogen) atoms. The molecule has 0 aliphatic carbocycles. The number of aromatic nitrogens is 2. The largest absolute Gasteiger partial charge is 0.478 e. The van der Waals surface area contributed by atoms with E-state index in [9.17, 15) is 14.7 Å². The van der Waals surface area contributed by atoms with Crippen molar-refractivity contribution in [1.82, 2.24) is 14.9 Å². The second kappa shape index (κ2) is 8.52. The van der Waals surface area contributed by atoms with E-state index in [1.165, 1.54) is 11.3 Å². The van der Waals surface area contributed by atoms with Crippen molar-refractivity contribution < 1.29 is 19.4 Å². The Kier molecular flexibility index (Phi) is 5.99. The van der Waals surface area contributed by atoms with E-state index in [4.69, 9.17) is 27.9 Å². The molecule has 1 aliphatic rings. The molecule has 4 rings (SSSR count). The number of hydrogen-bond acceptors (Lipinski definition) is 6. The van der Waals surface area contributed by atoms with Gasteiger partial charge in [0.2, 0.25) is 0 Å². The summed E-state index contributed by atoms with van der Waals surface area (Å²) in [5.41, 5.74) is 2.38. The second-order valence-electron chi connectivity index (χ2n) is 6.90. The van der Waals surface area contributed by atoms with Crippen molar-refractivity contribution in [3.63, 3.8) is 0 Å². The Labute approximate surface area is 185 Å². The van der Waals surface area contributed by atoms with Crippen LogP contribution < -0.4 is 5.32 Å². The minimum absolute atomic E-state index is 0.147. The molecular weight excluding hydrogens is 451 g/mol. The summed E-state index contributed by atoms with van der Waals surface area (Å²) in [7, 11) is 0. The van der Waals surface area contributed by atoms with Crippen LogP contribution in [0.1, 0.15) is 32.1 Å². The van der Waals surface area contributed by atoms with Gasteiger partial charge in [-0.1, -0.05) is 34.5 Å². The molecule has 158 valence electrons. The molecule has 0 radical (unpaired) electrons. The number of halogens is 2. The molecule has 2 aromatic heterocycles. The van der Waals surface area contributed by atoms with Crippen LogP contribution in [0.3, 0.4) is 0 Å². The van der Waals surface area contributed by atoms with Crippen LogP contribution in [0.4, 0.5) is 5.13 Å². The summed E-state index contributed by atoms with van der Waals surface area (Å²) >= 11 is 13.4. The summed E-state index contributed by atoms with van der Waals surface area (Å²) in [6.45, 7) is 5.07. The number of carbonyl (C=O) groups excluding carboxylic acids is 1. The molecule has 0 bridgehead atoms. The molecule has 11 heteroatoms. The Morgan fingerprint density at radius 2 is 2.03 bits per heavy atom. The highest BCUT2D eigenvalue weighted by Crippen LogP contribution is 2.33. The summed E-state index contributed by atoms with van der Waals surface area (Å²) in [6.07, 6.45) is 0. The van der Waals surface area contributed by atoms with Gasteiger partial charge >= 0.3 is 5.97 Å². The molecule has 0 atom stereocenters. The van der Waals surface area contributed by atoms with Crippen molar-refractivity contribution in [1.29, 1.82) is 0 Å². The number of aromatic carboxylic acids is 1. The average Bonchev–Trinajstić information content (AvgIpc) is 3.24. The van der Waals surface area contributed by atoms with E-state index in [2.05, 4.69) is 20.2 Å². The topological polar surface area (TPSA) is 108 Å². The lowest BCUT2D eigenvalue weighted by molar-refractivity contribution is 0.0343. The summed E-state index contributed by atoms with van der Waals surface area (Å²) in [6, 6.07) is 3.20. The van der Waals surface area contributed by atoms with Gasteiger partial charge in [0.25, 0.3) is 5.91 Å². The minimum Gasteiger partial charge on any atom is -0.478 e. The number of carboxylic acids is 1. The number of nitrogens with zero attached hydrogens (tertiary/aromatic N) is 2. The Morgan fingerprint density at radius 1 is 1.30 bits per heavy atom. The van der Waals surface area contributed by atoms with E-state index in [1.807, 2.05) is 0 Å². The standard InChI is InChI=1S/C19H18Cl2N4O4S/c1-9-13(20)14(21)16(22-9)17(26)24-19-23-15-11(8-25-2-4-29-5-3-25)6-10(18(27)28)7-12(15)30-19/h6-7,22H,2-5,8H2,1H3,(H,27,28)(H,23,24,26). The number of aryl methyl sites for hydroxylation is 1. The number of thiazole rings is 1. The molecule has 0 unspecified atom stereocenters. The van der Waals surface area contributed by atoms with Gasteiger partial charge in [-0.2, -0.15) is 0 Å². The van der Waals surface area contributed by atoms with E-state index in [1.54, 1.807) is 19.1 Å². The van der Waals surface area contributed by atoms with Crippen LogP contribution in [-0.2, 0) is 11.3 Å². The lowest BCUT2D eigenvalue weighted by Crippen LogP contribution is -2.35. The van der Waals surface area contributed by atoms with Crippen molar-refractivity contribution in [2.75, 3.05) is 31.6 Å². The Balaban J connectivity index is 1.66. The zero-order valence-electron chi connectivity index (χ0n) is 15.9. The number of benzene rings is 1. The number of H-pyrrole nitrogens is 1. The number of rotatable bonds is 5. The van der Waals surface area contributed by atoms with Gasteiger partial charge in [-0.25, -0.2) is 9.78 Å². The summed E-state index contributed by atoms with van der Waals surface area (Å²) in [5.74, 6) is -1.48. The van der Waals surface area contributed by atoms with Crippen LogP contribution in [0, 0.1) is 6.92 Å². The maximum atomic E-state index is 12.6. The number of amides is 1. The Hall–Kier alpha value is -2.17. The van der Waals surface area contributed by atoms with Crippen LogP contribution in [0.25, 0.3) is 10.2 Å². The number of morpholine rings is 1. The first kappa shape index (κ1) is 21.1. The minimum atomic E-state index is -1.01. The van der Waals surface area contributed by atoms with Crippen LogP contribution in [0.5, 0.6) is 0 Å². The van der Waals surface area contributed by atoms with Crippen LogP contribution in [0.15, 0.2) is 12.1 Å². The Morgan fingerprint density at radius 3 is 2.67 bits per heavy atom. The number of hydrogen-bond donors (Lipinski definition) is 3. The quantitative estimate of drug-likeness (QED) is 0.521. The van der Waals surface area contributed by atoms with Crippen molar-refractivity contribution in [3.8, 4) is 0 Å². The fourth-order valence-electron chi connectivity index (χ4n) is 3.28. The van der Waals surface area contributed by atoms with Crippen molar-refractivity contribution in [2.45, 2.75) is 13.5 Å². The Bertz CT molecular complexity index is 1140. The maximum absolute atomic E-state index is 12.6. The highest BCUT2D eigenvalue weighted by atomic mass is 35.5. The van der Waals surface area contributed by atoms with Crippen molar-refractivity contribution >= 4 is 61.8 Å². The third-order valence-corrected chi connectivity index (χ3v) is 6.68. The molecule has 1 aromatic carbocycles. The number of nitrogens with one attached hydrogen (secondary N) is 2. The summed E-state index contributed by atoms with van der Waals surface area (Å²) in [4.78, 5) is 33.8. The lowest BCUT2D eigenvalue weighted by atomic mass is 10.1. The van der Waals surface area contributed by atoms with Gasteiger partial charge in [-0.3, -0.25) is 15.0 Å². The first-order valence-electron chi connectivity index (χ1n) is 9.15. The van der Waals surface area contributed by atoms with Gasteiger partial charge in [0.15, 0.2) is 5.13 Å². The van der Waals surface area contributed by atoms with Gasteiger partial charge in [0, 0.05) is 25.3 Å². The van der Waals surface area contributed by atoms with Crippen LogP contribution in [-0.4, -0.2) is 58.2 Å². The normalized spacial score (nSPS) is 14.9.